The number of ether oxygens (including phenoxy) is 1. The van der Waals surface area contributed by atoms with Gasteiger partial charge in [0.25, 0.3) is 0 Å². The summed E-state index contributed by atoms with van der Waals surface area (Å²) in [5.74, 6) is 0. The van der Waals surface area contributed by atoms with Gasteiger partial charge in [-0.15, -0.1) is 0 Å². The summed E-state index contributed by atoms with van der Waals surface area (Å²) >= 11 is 0. The maximum atomic E-state index is 5.31. The van der Waals surface area contributed by atoms with Gasteiger partial charge in [-0.2, -0.15) is 0 Å². The maximum absolute atomic E-state index is 5.31. The van der Waals surface area contributed by atoms with Crippen molar-refractivity contribution < 1.29 is 10.2 Å². The Labute approximate surface area is 87.0 Å². The molecule has 0 fully saturated rings. The molecule has 11 heavy (non-hydrogen) atoms. The van der Waals surface area contributed by atoms with Gasteiger partial charge >= 0.3 is 23.9 Å². The van der Waals surface area contributed by atoms with E-state index >= 15 is 0 Å². The first kappa shape index (κ1) is 17.7. The van der Waals surface area contributed by atoms with E-state index in [1.54, 1.807) is 0 Å². The Hall–Kier alpha value is 0.719. The van der Waals surface area contributed by atoms with Crippen LogP contribution in [0, 0.1) is 0 Å². The van der Waals surface area contributed by atoms with Gasteiger partial charge in [0.2, 0.25) is 0 Å². The minimum atomic E-state index is 0. The molecule has 0 bridgehead atoms. The molecule has 0 saturated heterocycles. The minimum absolute atomic E-state index is 0. The third-order valence-electron chi connectivity index (χ3n) is 1.28. The fourth-order valence-corrected chi connectivity index (χ4v) is 0.595. The summed E-state index contributed by atoms with van der Waals surface area (Å²) in [6, 6.07) is 0. The van der Waals surface area contributed by atoms with E-state index in [4.69, 9.17) is 4.74 Å². The molecule has 0 amide bonds. The first-order valence-corrected chi connectivity index (χ1v) is 3.99. The third-order valence-corrected chi connectivity index (χ3v) is 1.28. The molecule has 0 aromatic rings. The van der Waals surface area contributed by atoms with Crippen molar-refractivity contribution in [1.29, 1.82) is 0 Å². The van der Waals surface area contributed by atoms with Crippen LogP contribution in [0.3, 0.4) is 0 Å². The van der Waals surface area contributed by atoms with Crippen LogP contribution < -0.4 is 0 Å². The van der Waals surface area contributed by atoms with Gasteiger partial charge in [0.15, 0.2) is 0 Å². The van der Waals surface area contributed by atoms with Crippen LogP contribution in [0.25, 0.3) is 0 Å². The molecule has 0 spiro atoms. The summed E-state index contributed by atoms with van der Waals surface area (Å²) in [6.45, 7) is 6.28. The summed E-state index contributed by atoms with van der Waals surface area (Å²) in [7, 11) is 0. The number of unbranched alkanes of at least 4 members (excludes halogenated alkanes) is 2. The first-order valence-electron chi connectivity index (χ1n) is 3.99. The molecule has 69 valence electrons. The van der Waals surface area contributed by atoms with E-state index in [1.165, 1.54) is 25.7 Å². The number of hydrogen-bond donors (Lipinski definition) is 0. The van der Waals surface area contributed by atoms with Crippen LogP contribution in [-0.2, 0) is 4.74 Å². The molecule has 0 heterocycles. The second-order valence-electron chi connectivity index (χ2n) is 2.32. The van der Waals surface area contributed by atoms with Crippen molar-refractivity contribution in [2.24, 2.45) is 0 Å². The second kappa shape index (κ2) is 17.0. The average Bonchev–Trinajstić information content (AvgIpc) is 1.89. The van der Waals surface area contributed by atoms with E-state index in [0.717, 1.165) is 13.2 Å². The van der Waals surface area contributed by atoms with Crippen LogP contribution in [-0.4, -0.2) is 42.6 Å². The van der Waals surface area contributed by atoms with Crippen molar-refractivity contribution in [3.63, 3.8) is 0 Å². The van der Waals surface area contributed by atoms with Gasteiger partial charge in [0.05, 0.1) is 0 Å². The zero-order chi connectivity index (χ0) is 6.95. The Balaban J connectivity index is -0.000000320. The van der Waals surface area contributed by atoms with Gasteiger partial charge in [-0.05, 0) is 12.8 Å². The molecule has 3 heteroatoms. The predicted octanol–water partition coefficient (Wildman–Crippen LogP) is 1.13. The summed E-state index contributed by atoms with van der Waals surface area (Å²) in [4.78, 5) is 0. The van der Waals surface area contributed by atoms with Crippen molar-refractivity contribution in [3.8, 4) is 0 Å². The van der Waals surface area contributed by atoms with Crippen LogP contribution in [0.2, 0.25) is 0 Å². The van der Waals surface area contributed by atoms with E-state index in [2.05, 4.69) is 13.8 Å². The van der Waals surface area contributed by atoms with E-state index in [0.29, 0.717) is 0 Å². The van der Waals surface area contributed by atoms with Gasteiger partial charge in [-0.25, -0.2) is 0 Å². The number of rotatable bonds is 6. The SMILES string of the molecule is CCCCOCCCC.O.[SnH]. The van der Waals surface area contributed by atoms with Gasteiger partial charge in [-0.1, -0.05) is 26.7 Å². The zero-order valence-electron chi connectivity index (χ0n) is 7.73. The molecule has 0 atom stereocenters. The van der Waals surface area contributed by atoms with Gasteiger partial charge in [-0.3, -0.25) is 0 Å². The van der Waals surface area contributed by atoms with Crippen molar-refractivity contribution in [2.75, 3.05) is 13.2 Å². The van der Waals surface area contributed by atoms with Crippen molar-refractivity contribution in [2.45, 2.75) is 39.5 Å². The van der Waals surface area contributed by atoms with Crippen LogP contribution in [0.4, 0.5) is 0 Å². The molecule has 2 N–H and O–H groups in total. The van der Waals surface area contributed by atoms with E-state index in [-0.39, 0.29) is 29.4 Å². The molecule has 0 unspecified atom stereocenters. The molecule has 0 aliphatic heterocycles. The van der Waals surface area contributed by atoms with E-state index < -0.39 is 0 Å². The molecule has 0 aliphatic carbocycles. The Morgan fingerprint density at radius 2 is 1.27 bits per heavy atom. The first-order chi connectivity index (χ1) is 4.41. The quantitative estimate of drug-likeness (QED) is 0.525. The summed E-state index contributed by atoms with van der Waals surface area (Å²) in [5.41, 5.74) is 0. The van der Waals surface area contributed by atoms with Crippen molar-refractivity contribution in [1.82, 2.24) is 0 Å². The van der Waals surface area contributed by atoms with E-state index in [9.17, 15) is 0 Å². The predicted molar refractivity (Wildman–Crippen MR) is 51.4 cm³/mol. The Morgan fingerprint density at radius 1 is 0.909 bits per heavy atom. The van der Waals surface area contributed by atoms with Crippen LogP contribution in [0.5, 0.6) is 0 Å². The van der Waals surface area contributed by atoms with Gasteiger partial charge in [0.1, 0.15) is 0 Å². The van der Waals surface area contributed by atoms with Crippen molar-refractivity contribution in [3.05, 3.63) is 0 Å². The van der Waals surface area contributed by atoms with E-state index in [1.807, 2.05) is 0 Å². The molecule has 0 saturated carbocycles. The molecule has 0 aromatic carbocycles. The average molecular weight is 268 g/mol. The summed E-state index contributed by atoms with van der Waals surface area (Å²) in [5, 5.41) is 0. The monoisotopic (exact) mass is 269 g/mol. The molecule has 0 aliphatic rings. The van der Waals surface area contributed by atoms with Crippen molar-refractivity contribution >= 4 is 23.9 Å². The second-order valence-corrected chi connectivity index (χ2v) is 2.32. The standard InChI is InChI=1S/C8H18O.H2O.Sn.H/c1-3-5-7-9-8-6-4-2;;;/h3-8H2,1-2H3;1H2;;. The summed E-state index contributed by atoms with van der Waals surface area (Å²) < 4.78 is 5.31. The molecular weight excluding hydrogens is 247 g/mol. The summed E-state index contributed by atoms with van der Waals surface area (Å²) in [6.07, 6.45) is 4.91. The Bertz CT molecular complexity index is 45.4. The fourth-order valence-electron chi connectivity index (χ4n) is 0.595. The van der Waals surface area contributed by atoms with Gasteiger partial charge in [0, 0.05) is 13.2 Å². The third kappa shape index (κ3) is 18.0. The normalized spacial score (nSPS) is 8.18. The topological polar surface area (TPSA) is 40.7 Å². The molecule has 0 rings (SSSR count). The van der Waals surface area contributed by atoms with Crippen LogP contribution in [0.15, 0.2) is 0 Å². The fraction of sp³-hybridized carbons (Fsp3) is 1.00. The Morgan fingerprint density at radius 3 is 1.55 bits per heavy atom. The van der Waals surface area contributed by atoms with Crippen LogP contribution >= 0.6 is 0 Å². The molecule has 0 aromatic heterocycles. The Kier molecular flexibility index (Phi) is 27.4. The molecule has 3 radical (unpaired) electrons. The van der Waals surface area contributed by atoms with Crippen LogP contribution in [0.1, 0.15) is 39.5 Å². The molecular formula is C8H21O2Sn. The number of hydrogen-bond acceptors (Lipinski definition) is 1. The molecule has 2 nitrogen and oxygen atoms in total. The van der Waals surface area contributed by atoms with Gasteiger partial charge < -0.3 is 10.2 Å². The zero-order valence-corrected chi connectivity index (χ0v) is 11.0.